The summed E-state index contributed by atoms with van der Waals surface area (Å²) in [4.78, 5) is 0. The van der Waals surface area contributed by atoms with Gasteiger partial charge >= 0.3 is 0 Å². The minimum atomic E-state index is -0.767. The zero-order valence-electron chi connectivity index (χ0n) is 7.86. The average Bonchev–Trinajstić information content (AvgIpc) is 2.18. The lowest BCUT2D eigenvalue weighted by Gasteiger charge is -2.13. The highest BCUT2D eigenvalue weighted by Crippen LogP contribution is 2.26. The van der Waals surface area contributed by atoms with E-state index in [0.717, 1.165) is 0 Å². The molecule has 1 N–H and O–H groups in total. The third kappa shape index (κ3) is 2.63. The van der Waals surface area contributed by atoms with E-state index in [1.165, 1.54) is 0 Å². The number of aliphatic hydroxyl groups excluding tert-OH is 1. The number of ether oxygens (including phenoxy) is 2. The maximum Gasteiger partial charge on any atom is 0.197 e. The van der Waals surface area contributed by atoms with E-state index in [1.807, 2.05) is 19.1 Å². The molecule has 0 heterocycles. The van der Waals surface area contributed by atoms with Gasteiger partial charge < -0.3 is 14.6 Å². The van der Waals surface area contributed by atoms with Crippen molar-refractivity contribution in [2.24, 2.45) is 0 Å². The fourth-order valence-corrected chi connectivity index (χ4v) is 0.946. The molecule has 0 radical (unpaired) electrons. The zero-order chi connectivity index (χ0) is 9.68. The minimum absolute atomic E-state index is 0.554. The summed E-state index contributed by atoms with van der Waals surface area (Å²) in [6, 6.07) is 7.24. The van der Waals surface area contributed by atoms with E-state index in [-0.39, 0.29) is 0 Å². The second-order valence-electron chi connectivity index (χ2n) is 2.63. The lowest BCUT2D eigenvalue weighted by atomic mass is 10.3. The summed E-state index contributed by atoms with van der Waals surface area (Å²) in [5, 5.41) is 9.25. The van der Waals surface area contributed by atoms with Gasteiger partial charge in [-0.2, -0.15) is 0 Å². The number of benzene rings is 1. The van der Waals surface area contributed by atoms with Crippen LogP contribution in [0.25, 0.3) is 0 Å². The molecule has 13 heavy (non-hydrogen) atoms. The van der Waals surface area contributed by atoms with Crippen LogP contribution in [0.15, 0.2) is 24.3 Å². The summed E-state index contributed by atoms with van der Waals surface area (Å²) in [6.07, 6.45) is -0.214. The topological polar surface area (TPSA) is 38.7 Å². The Morgan fingerprint density at radius 3 is 2.46 bits per heavy atom. The predicted octanol–water partition coefficient (Wildman–Crippen LogP) is 1.80. The summed E-state index contributed by atoms with van der Waals surface area (Å²) in [6.45, 7) is 1.85. The first-order valence-corrected chi connectivity index (χ1v) is 4.25. The molecule has 0 spiro atoms. The molecule has 0 aliphatic carbocycles. The monoisotopic (exact) mass is 182 g/mol. The van der Waals surface area contributed by atoms with Crippen LogP contribution in [-0.4, -0.2) is 18.5 Å². The van der Waals surface area contributed by atoms with Gasteiger partial charge in [0.15, 0.2) is 17.8 Å². The van der Waals surface area contributed by atoms with Crippen LogP contribution in [0.1, 0.15) is 13.3 Å². The van der Waals surface area contributed by atoms with Gasteiger partial charge in [-0.15, -0.1) is 0 Å². The van der Waals surface area contributed by atoms with Gasteiger partial charge in [0.2, 0.25) is 0 Å². The van der Waals surface area contributed by atoms with Crippen LogP contribution in [0.3, 0.4) is 0 Å². The first-order valence-electron chi connectivity index (χ1n) is 4.25. The van der Waals surface area contributed by atoms with E-state index < -0.39 is 6.29 Å². The molecule has 0 aromatic heterocycles. The Labute approximate surface area is 77.9 Å². The first-order chi connectivity index (χ1) is 6.27. The number of aliphatic hydroxyl groups is 1. The summed E-state index contributed by atoms with van der Waals surface area (Å²) < 4.78 is 10.3. The van der Waals surface area contributed by atoms with Crippen LogP contribution in [0.2, 0.25) is 0 Å². The molecule has 1 atom stereocenters. The highest BCUT2D eigenvalue weighted by Gasteiger charge is 2.06. The Balaban J connectivity index is 2.74. The Kier molecular flexibility index (Phi) is 3.58. The highest BCUT2D eigenvalue weighted by molar-refractivity contribution is 5.39. The van der Waals surface area contributed by atoms with Gasteiger partial charge in [0, 0.05) is 6.42 Å². The smallest absolute Gasteiger partial charge is 0.197 e. The summed E-state index contributed by atoms with van der Waals surface area (Å²) in [5.74, 6) is 1.20. The Hall–Kier alpha value is -1.22. The fraction of sp³-hybridized carbons (Fsp3) is 0.400. The molecule has 1 unspecified atom stereocenters. The summed E-state index contributed by atoms with van der Waals surface area (Å²) >= 11 is 0. The van der Waals surface area contributed by atoms with Crippen LogP contribution in [0.5, 0.6) is 11.5 Å². The van der Waals surface area contributed by atoms with Crippen molar-refractivity contribution >= 4 is 0 Å². The van der Waals surface area contributed by atoms with E-state index >= 15 is 0 Å². The average molecular weight is 182 g/mol. The normalized spacial score (nSPS) is 12.2. The quantitative estimate of drug-likeness (QED) is 0.721. The highest BCUT2D eigenvalue weighted by atomic mass is 16.6. The van der Waals surface area contributed by atoms with Crippen LogP contribution >= 0.6 is 0 Å². The van der Waals surface area contributed by atoms with Crippen LogP contribution in [-0.2, 0) is 0 Å². The van der Waals surface area contributed by atoms with Crippen LogP contribution < -0.4 is 9.47 Å². The molecule has 0 aliphatic heterocycles. The molecule has 72 valence electrons. The van der Waals surface area contributed by atoms with Gasteiger partial charge in [-0.3, -0.25) is 0 Å². The molecule has 1 rings (SSSR count). The Morgan fingerprint density at radius 1 is 1.31 bits per heavy atom. The van der Waals surface area contributed by atoms with Crippen molar-refractivity contribution in [3.63, 3.8) is 0 Å². The summed E-state index contributed by atoms with van der Waals surface area (Å²) in [5.41, 5.74) is 0. The Bertz CT molecular complexity index is 260. The number of hydrogen-bond acceptors (Lipinski definition) is 3. The standard InChI is InChI=1S/C10H14O3/c1-3-10(11)13-9-7-5-4-6-8(9)12-2/h4-7,10-11H,3H2,1-2H3. The molecule has 0 saturated heterocycles. The maximum absolute atomic E-state index is 9.25. The summed E-state index contributed by atoms with van der Waals surface area (Å²) in [7, 11) is 1.57. The van der Waals surface area contributed by atoms with E-state index in [1.54, 1.807) is 19.2 Å². The largest absolute Gasteiger partial charge is 0.493 e. The minimum Gasteiger partial charge on any atom is -0.493 e. The molecule has 1 aromatic rings. The molecule has 0 saturated carbocycles. The molecule has 0 fully saturated rings. The van der Waals surface area contributed by atoms with E-state index in [2.05, 4.69) is 0 Å². The molecule has 0 amide bonds. The molecule has 1 aromatic carbocycles. The second kappa shape index (κ2) is 4.72. The van der Waals surface area contributed by atoms with Crippen molar-refractivity contribution in [3.05, 3.63) is 24.3 Å². The van der Waals surface area contributed by atoms with Crippen molar-refractivity contribution in [2.45, 2.75) is 19.6 Å². The lowest BCUT2D eigenvalue weighted by Crippen LogP contribution is -2.13. The number of para-hydroxylation sites is 2. The third-order valence-corrected chi connectivity index (χ3v) is 1.68. The van der Waals surface area contributed by atoms with Gasteiger partial charge in [-0.25, -0.2) is 0 Å². The van der Waals surface area contributed by atoms with Crippen LogP contribution in [0.4, 0.5) is 0 Å². The van der Waals surface area contributed by atoms with Crippen molar-refractivity contribution in [1.82, 2.24) is 0 Å². The number of methoxy groups -OCH3 is 1. The second-order valence-corrected chi connectivity index (χ2v) is 2.63. The molecule has 0 bridgehead atoms. The van der Waals surface area contributed by atoms with Crippen molar-refractivity contribution in [2.75, 3.05) is 7.11 Å². The molecular weight excluding hydrogens is 168 g/mol. The van der Waals surface area contributed by atoms with Crippen molar-refractivity contribution in [3.8, 4) is 11.5 Å². The molecular formula is C10H14O3. The van der Waals surface area contributed by atoms with Gasteiger partial charge in [-0.1, -0.05) is 19.1 Å². The van der Waals surface area contributed by atoms with Crippen molar-refractivity contribution < 1.29 is 14.6 Å². The first kappa shape index (κ1) is 9.86. The zero-order valence-corrected chi connectivity index (χ0v) is 7.86. The van der Waals surface area contributed by atoms with Gasteiger partial charge in [0.05, 0.1) is 7.11 Å². The number of rotatable bonds is 4. The third-order valence-electron chi connectivity index (χ3n) is 1.68. The lowest BCUT2D eigenvalue weighted by molar-refractivity contribution is -0.0206. The Morgan fingerprint density at radius 2 is 1.92 bits per heavy atom. The molecule has 0 aliphatic rings. The van der Waals surface area contributed by atoms with Crippen LogP contribution in [0, 0.1) is 0 Å². The predicted molar refractivity (Wildman–Crippen MR) is 49.9 cm³/mol. The SMILES string of the molecule is CCC(O)Oc1ccccc1OC. The van der Waals surface area contributed by atoms with E-state index in [0.29, 0.717) is 17.9 Å². The van der Waals surface area contributed by atoms with Crippen molar-refractivity contribution in [1.29, 1.82) is 0 Å². The van der Waals surface area contributed by atoms with Gasteiger partial charge in [-0.05, 0) is 12.1 Å². The van der Waals surface area contributed by atoms with E-state index in [9.17, 15) is 5.11 Å². The molecule has 3 nitrogen and oxygen atoms in total. The van der Waals surface area contributed by atoms with E-state index in [4.69, 9.17) is 9.47 Å². The fourth-order valence-electron chi connectivity index (χ4n) is 0.946. The van der Waals surface area contributed by atoms with Gasteiger partial charge in [0.25, 0.3) is 0 Å². The molecule has 3 heteroatoms. The van der Waals surface area contributed by atoms with Gasteiger partial charge in [0.1, 0.15) is 0 Å². The maximum atomic E-state index is 9.25. The number of hydrogen-bond donors (Lipinski definition) is 1.